The maximum absolute atomic E-state index is 9.82. The largest absolute Gasteiger partial charge is 0.508 e. The molecule has 0 radical (unpaired) electrons. The minimum atomic E-state index is 0.0813. The van der Waals surface area contributed by atoms with Crippen molar-refractivity contribution in [1.29, 1.82) is 0 Å². The lowest BCUT2D eigenvalue weighted by Gasteiger charge is -2.17. The molecule has 138 valence electrons. The van der Waals surface area contributed by atoms with Crippen LogP contribution < -0.4 is 0 Å². The Hall–Kier alpha value is -3.46. The van der Waals surface area contributed by atoms with Crippen molar-refractivity contribution < 1.29 is 5.11 Å². The third-order valence-corrected chi connectivity index (χ3v) is 5.70. The molecule has 2 aromatic heterocycles. The van der Waals surface area contributed by atoms with E-state index in [2.05, 4.69) is 84.2 Å². The van der Waals surface area contributed by atoms with Crippen LogP contribution >= 0.6 is 0 Å². The number of benzene rings is 3. The summed E-state index contributed by atoms with van der Waals surface area (Å²) in [5.41, 5.74) is 6.17. The first-order chi connectivity index (χ1) is 13.6. The molecule has 5 rings (SSSR count). The van der Waals surface area contributed by atoms with Gasteiger partial charge < -0.3 is 14.2 Å². The van der Waals surface area contributed by atoms with Crippen LogP contribution in [0.5, 0.6) is 5.75 Å². The van der Waals surface area contributed by atoms with Crippen molar-refractivity contribution in [3.63, 3.8) is 0 Å². The fourth-order valence-electron chi connectivity index (χ4n) is 4.40. The van der Waals surface area contributed by atoms with Crippen LogP contribution in [0.3, 0.4) is 0 Å². The molecular weight excluding hydrogens is 344 g/mol. The lowest BCUT2D eigenvalue weighted by atomic mass is 9.85. The average molecular weight is 366 g/mol. The minimum Gasteiger partial charge on any atom is -0.508 e. The Morgan fingerprint density at radius 1 is 0.643 bits per heavy atom. The van der Waals surface area contributed by atoms with Crippen LogP contribution in [0, 0.1) is 0 Å². The number of aromatic hydroxyl groups is 1. The van der Waals surface area contributed by atoms with Gasteiger partial charge in [-0.05, 0) is 41.0 Å². The molecule has 0 saturated heterocycles. The second kappa shape index (κ2) is 6.31. The van der Waals surface area contributed by atoms with E-state index in [0.29, 0.717) is 5.75 Å². The van der Waals surface area contributed by atoms with Gasteiger partial charge in [-0.25, -0.2) is 0 Å². The Labute approximate surface area is 164 Å². The molecule has 1 N–H and O–H groups in total. The summed E-state index contributed by atoms with van der Waals surface area (Å²) in [6.45, 7) is 0. The Morgan fingerprint density at radius 3 is 1.61 bits per heavy atom. The number of hydrogen-bond donors (Lipinski definition) is 1. The van der Waals surface area contributed by atoms with E-state index in [9.17, 15) is 5.11 Å². The number of phenolic OH excluding ortho intramolecular Hbond substituents is 1. The SMILES string of the molecule is Cn1cc(C(c2ccc(O)cc2)c2cn(C)c3ccccc23)c2ccccc21. The van der Waals surface area contributed by atoms with Gasteiger partial charge in [-0.1, -0.05) is 48.5 Å². The van der Waals surface area contributed by atoms with E-state index in [1.54, 1.807) is 12.1 Å². The summed E-state index contributed by atoms with van der Waals surface area (Å²) < 4.78 is 4.40. The third kappa shape index (κ3) is 2.51. The van der Waals surface area contributed by atoms with E-state index >= 15 is 0 Å². The number of rotatable bonds is 3. The van der Waals surface area contributed by atoms with Gasteiger partial charge in [0, 0.05) is 54.2 Å². The molecule has 0 bridgehead atoms. The second-order valence-electron chi connectivity index (χ2n) is 7.45. The first kappa shape index (κ1) is 16.7. The van der Waals surface area contributed by atoms with Crippen molar-refractivity contribution >= 4 is 21.8 Å². The van der Waals surface area contributed by atoms with E-state index < -0.39 is 0 Å². The summed E-state index contributed by atoms with van der Waals surface area (Å²) in [5, 5.41) is 12.3. The fourth-order valence-corrected chi connectivity index (χ4v) is 4.40. The van der Waals surface area contributed by atoms with Gasteiger partial charge in [-0.3, -0.25) is 0 Å². The van der Waals surface area contributed by atoms with E-state index in [0.717, 1.165) is 0 Å². The molecule has 3 nitrogen and oxygen atoms in total. The summed E-state index contributed by atoms with van der Waals surface area (Å²) in [6.07, 6.45) is 4.48. The van der Waals surface area contributed by atoms with Gasteiger partial charge in [0.2, 0.25) is 0 Å². The van der Waals surface area contributed by atoms with Gasteiger partial charge in [-0.2, -0.15) is 0 Å². The number of phenols is 1. The topological polar surface area (TPSA) is 30.1 Å². The Morgan fingerprint density at radius 2 is 1.11 bits per heavy atom. The first-order valence-corrected chi connectivity index (χ1v) is 9.50. The standard InChI is InChI=1S/C25H22N2O/c1-26-15-21(19-7-3-5-9-23(19)26)25(17-11-13-18(28)14-12-17)22-16-27(2)24-10-6-4-8-20(22)24/h3-16,25,28H,1-2H3. The predicted octanol–water partition coefficient (Wildman–Crippen LogP) is 5.56. The molecule has 28 heavy (non-hydrogen) atoms. The lowest BCUT2D eigenvalue weighted by Crippen LogP contribution is -2.02. The quantitative estimate of drug-likeness (QED) is 0.445. The Bertz CT molecular complexity index is 1210. The maximum atomic E-state index is 9.82. The van der Waals surface area contributed by atoms with E-state index in [4.69, 9.17) is 0 Å². The molecule has 0 atom stereocenters. The van der Waals surface area contributed by atoms with E-state index in [1.807, 2.05) is 12.1 Å². The highest BCUT2D eigenvalue weighted by molar-refractivity contribution is 5.89. The van der Waals surface area contributed by atoms with Crippen molar-refractivity contribution in [3.05, 3.63) is 102 Å². The summed E-state index contributed by atoms with van der Waals surface area (Å²) in [6, 6.07) is 24.7. The van der Waals surface area contributed by atoms with Crippen molar-refractivity contribution in [2.45, 2.75) is 5.92 Å². The molecular formula is C25H22N2O. The molecule has 0 amide bonds. The molecule has 0 fully saturated rings. The number of aromatic nitrogens is 2. The van der Waals surface area contributed by atoms with E-state index in [1.165, 1.54) is 38.5 Å². The maximum Gasteiger partial charge on any atom is 0.115 e. The van der Waals surface area contributed by atoms with Gasteiger partial charge in [0.05, 0.1) is 0 Å². The number of fused-ring (bicyclic) bond motifs is 2. The molecule has 3 aromatic carbocycles. The van der Waals surface area contributed by atoms with Crippen molar-refractivity contribution in [3.8, 4) is 5.75 Å². The van der Waals surface area contributed by atoms with Gasteiger partial charge >= 0.3 is 0 Å². The zero-order chi connectivity index (χ0) is 19.3. The molecule has 0 saturated carbocycles. The lowest BCUT2D eigenvalue weighted by molar-refractivity contribution is 0.475. The summed E-state index contributed by atoms with van der Waals surface area (Å²) in [5.74, 6) is 0.371. The van der Waals surface area contributed by atoms with Crippen molar-refractivity contribution in [2.24, 2.45) is 14.1 Å². The fraction of sp³-hybridized carbons (Fsp3) is 0.120. The predicted molar refractivity (Wildman–Crippen MR) is 115 cm³/mol. The highest BCUT2D eigenvalue weighted by atomic mass is 16.3. The first-order valence-electron chi connectivity index (χ1n) is 9.50. The molecule has 0 unspecified atom stereocenters. The van der Waals surface area contributed by atoms with Crippen LogP contribution in [0.25, 0.3) is 21.8 Å². The Kier molecular flexibility index (Phi) is 3.76. The molecule has 0 aliphatic carbocycles. The van der Waals surface area contributed by atoms with Crippen LogP contribution in [-0.2, 0) is 14.1 Å². The normalized spacial score (nSPS) is 11.7. The highest BCUT2D eigenvalue weighted by Gasteiger charge is 2.24. The van der Waals surface area contributed by atoms with E-state index in [-0.39, 0.29) is 5.92 Å². The van der Waals surface area contributed by atoms with Crippen LogP contribution in [0.4, 0.5) is 0 Å². The minimum absolute atomic E-state index is 0.0813. The van der Waals surface area contributed by atoms with Crippen molar-refractivity contribution in [2.75, 3.05) is 0 Å². The van der Waals surface area contributed by atoms with Gasteiger partial charge in [0.1, 0.15) is 5.75 Å². The summed E-state index contributed by atoms with van der Waals surface area (Å²) in [7, 11) is 4.20. The molecule has 3 heteroatoms. The number of para-hydroxylation sites is 2. The molecule has 2 heterocycles. The van der Waals surface area contributed by atoms with Gasteiger partial charge in [-0.15, -0.1) is 0 Å². The summed E-state index contributed by atoms with van der Waals surface area (Å²) >= 11 is 0. The molecule has 0 aliphatic rings. The zero-order valence-corrected chi connectivity index (χ0v) is 16.0. The summed E-state index contributed by atoms with van der Waals surface area (Å²) in [4.78, 5) is 0. The van der Waals surface area contributed by atoms with Crippen LogP contribution in [0.2, 0.25) is 0 Å². The molecule has 0 aliphatic heterocycles. The van der Waals surface area contributed by atoms with Crippen molar-refractivity contribution in [1.82, 2.24) is 9.13 Å². The average Bonchev–Trinajstić information content (AvgIpc) is 3.22. The molecule has 0 spiro atoms. The zero-order valence-electron chi connectivity index (χ0n) is 16.0. The van der Waals surface area contributed by atoms with Crippen LogP contribution in [0.15, 0.2) is 85.2 Å². The smallest absolute Gasteiger partial charge is 0.115 e. The Balaban J connectivity index is 1.84. The second-order valence-corrected chi connectivity index (χ2v) is 7.45. The number of hydrogen-bond acceptors (Lipinski definition) is 1. The van der Waals surface area contributed by atoms with Gasteiger partial charge in [0.25, 0.3) is 0 Å². The molecule has 5 aromatic rings. The highest BCUT2D eigenvalue weighted by Crippen LogP contribution is 2.40. The van der Waals surface area contributed by atoms with Crippen LogP contribution in [0.1, 0.15) is 22.6 Å². The number of nitrogens with zero attached hydrogens (tertiary/aromatic N) is 2. The monoisotopic (exact) mass is 366 g/mol. The number of aryl methyl sites for hydroxylation is 2. The van der Waals surface area contributed by atoms with Gasteiger partial charge in [0.15, 0.2) is 0 Å². The third-order valence-electron chi connectivity index (χ3n) is 5.70. The van der Waals surface area contributed by atoms with Crippen LogP contribution in [-0.4, -0.2) is 14.2 Å².